The first-order valence-electron chi connectivity index (χ1n) is 5.14. The summed E-state index contributed by atoms with van der Waals surface area (Å²) >= 11 is 1.84. The number of hydrogen-bond acceptors (Lipinski definition) is 4. The van der Waals surface area contributed by atoms with Crippen LogP contribution in [0, 0.1) is 0 Å². The predicted molar refractivity (Wildman–Crippen MR) is 66.6 cm³/mol. The Labute approximate surface area is 98.3 Å². The summed E-state index contributed by atoms with van der Waals surface area (Å²) in [4.78, 5) is 10.1. The van der Waals surface area contributed by atoms with E-state index in [1.54, 1.807) is 0 Å². The lowest BCUT2D eigenvalue weighted by molar-refractivity contribution is 1.10. The number of rotatable bonds is 1. The van der Waals surface area contributed by atoms with Gasteiger partial charge in [0.15, 0.2) is 0 Å². The highest BCUT2D eigenvalue weighted by Crippen LogP contribution is 2.39. The van der Waals surface area contributed by atoms with Gasteiger partial charge in [-0.3, -0.25) is 0 Å². The van der Waals surface area contributed by atoms with Crippen molar-refractivity contribution < 1.29 is 0 Å². The Morgan fingerprint density at radius 2 is 2.19 bits per heavy atom. The summed E-state index contributed by atoms with van der Waals surface area (Å²) in [5.41, 5.74) is 3.49. The van der Waals surface area contributed by atoms with Crippen LogP contribution < -0.4 is 5.32 Å². The van der Waals surface area contributed by atoms with E-state index in [1.807, 2.05) is 25.0 Å². The molecule has 0 atom stereocenters. The number of benzene rings is 1. The van der Waals surface area contributed by atoms with Gasteiger partial charge in [0, 0.05) is 35.0 Å². The molecule has 0 spiro atoms. The molecule has 1 aromatic heterocycles. The third-order valence-corrected chi connectivity index (χ3v) is 3.74. The van der Waals surface area contributed by atoms with E-state index in [0.717, 1.165) is 11.4 Å². The molecule has 2 aromatic rings. The van der Waals surface area contributed by atoms with E-state index in [0.29, 0.717) is 5.95 Å². The van der Waals surface area contributed by atoms with Crippen LogP contribution in [0.3, 0.4) is 0 Å². The Balaban J connectivity index is 2.22. The van der Waals surface area contributed by atoms with Crippen molar-refractivity contribution in [1.82, 2.24) is 9.97 Å². The normalized spacial score (nSPS) is 12.8. The number of aromatic nitrogens is 2. The smallest absolute Gasteiger partial charge is 0.222 e. The summed E-state index contributed by atoms with van der Waals surface area (Å²) in [7, 11) is 1.84. The number of thioether (sulfide) groups is 1. The van der Waals surface area contributed by atoms with Crippen LogP contribution in [0.15, 0.2) is 35.4 Å². The van der Waals surface area contributed by atoms with E-state index in [2.05, 4.69) is 39.6 Å². The molecule has 3 rings (SSSR count). The molecule has 0 unspecified atom stereocenters. The Bertz CT molecular complexity index is 540. The van der Waals surface area contributed by atoms with Crippen LogP contribution in [0.25, 0.3) is 11.3 Å². The van der Waals surface area contributed by atoms with E-state index >= 15 is 0 Å². The zero-order valence-electron chi connectivity index (χ0n) is 8.90. The van der Waals surface area contributed by atoms with Gasteiger partial charge in [-0.25, -0.2) is 9.97 Å². The predicted octanol–water partition coefficient (Wildman–Crippen LogP) is 2.79. The molecule has 1 aliphatic rings. The fraction of sp³-hybridized carbons (Fsp3) is 0.167. The monoisotopic (exact) mass is 229 g/mol. The van der Waals surface area contributed by atoms with Crippen LogP contribution in [0.4, 0.5) is 5.95 Å². The molecular weight excluding hydrogens is 218 g/mol. The number of nitrogens with one attached hydrogen (secondary N) is 1. The van der Waals surface area contributed by atoms with Crippen molar-refractivity contribution in [3.8, 4) is 11.3 Å². The van der Waals surface area contributed by atoms with Gasteiger partial charge >= 0.3 is 0 Å². The summed E-state index contributed by atoms with van der Waals surface area (Å²) in [6.07, 6.45) is 1.91. The highest BCUT2D eigenvalue weighted by atomic mass is 32.2. The molecule has 2 heterocycles. The van der Waals surface area contributed by atoms with Crippen molar-refractivity contribution in [2.75, 3.05) is 12.4 Å². The van der Waals surface area contributed by atoms with Gasteiger partial charge in [0.1, 0.15) is 0 Å². The second-order valence-electron chi connectivity index (χ2n) is 3.60. The number of nitrogens with zero attached hydrogens (tertiary/aromatic N) is 2. The zero-order valence-corrected chi connectivity index (χ0v) is 9.71. The summed E-state index contributed by atoms with van der Waals surface area (Å²) in [5.74, 6) is 1.64. The minimum Gasteiger partial charge on any atom is -0.357 e. The highest BCUT2D eigenvalue weighted by molar-refractivity contribution is 7.98. The quantitative estimate of drug-likeness (QED) is 0.816. The van der Waals surface area contributed by atoms with E-state index in [1.165, 1.54) is 16.0 Å². The average Bonchev–Trinajstić information content (AvgIpc) is 2.38. The van der Waals surface area contributed by atoms with E-state index < -0.39 is 0 Å². The van der Waals surface area contributed by atoms with Gasteiger partial charge in [0.05, 0.1) is 5.69 Å². The first-order valence-corrected chi connectivity index (χ1v) is 6.13. The van der Waals surface area contributed by atoms with Gasteiger partial charge in [0.2, 0.25) is 5.95 Å². The van der Waals surface area contributed by atoms with Crippen LogP contribution in [0.1, 0.15) is 5.56 Å². The molecule has 1 aromatic carbocycles. The molecule has 0 radical (unpaired) electrons. The van der Waals surface area contributed by atoms with Gasteiger partial charge in [-0.15, -0.1) is 11.8 Å². The Kier molecular flexibility index (Phi) is 2.29. The molecule has 4 heteroatoms. The van der Waals surface area contributed by atoms with Gasteiger partial charge in [-0.1, -0.05) is 18.2 Å². The fourth-order valence-electron chi connectivity index (χ4n) is 1.81. The van der Waals surface area contributed by atoms with Crippen molar-refractivity contribution in [1.29, 1.82) is 0 Å². The van der Waals surface area contributed by atoms with E-state index in [9.17, 15) is 0 Å². The minimum absolute atomic E-state index is 0.681. The maximum absolute atomic E-state index is 4.54. The highest BCUT2D eigenvalue weighted by Gasteiger charge is 2.18. The van der Waals surface area contributed by atoms with Crippen molar-refractivity contribution >= 4 is 17.7 Å². The summed E-state index contributed by atoms with van der Waals surface area (Å²) in [5, 5.41) is 2.98. The lowest BCUT2D eigenvalue weighted by Gasteiger charge is -2.18. The average molecular weight is 229 g/mol. The van der Waals surface area contributed by atoms with Crippen molar-refractivity contribution in [3.63, 3.8) is 0 Å². The number of fused-ring (bicyclic) bond motifs is 3. The summed E-state index contributed by atoms with van der Waals surface area (Å²) in [6, 6.07) is 8.38. The van der Waals surface area contributed by atoms with E-state index in [4.69, 9.17) is 0 Å². The SMILES string of the molecule is CNc1ncc2c(n1)-c1ccccc1SC2. The van der Waals surface area contributed by atoms with Crippen LogP contribution in [-0.4, -0.2) is 17.0 Å². The third-order valence-electron chi connectivity index (χ3n) is 2.61. The second-order valence-corrected chi connectivity index (χ2v) is 4.62. The maximum Gasteiger partial charge on any atom is 0.222 e. The molecule has 0 amide bonds. The molecular formula is C12H11N3S. The molecule has 3 nitrogen and oxygen atoms in total. The summed E-state index contributed by atoms with van der Waals surface area (Å²) < 4.78 is 0. The van der Waals surface area contributed by atoms with Crippen LogP contribution in [0.5, 0.6) is 0 Å². The topological polar surface area (TPSA) is 37.8 Å². The zero-order chi connectivity index (χ0) is 11.0. The van der Waals surface area contributed by atoms with Crippen molar-refractivity contribution in [3.05, 3.63) is 36.0 Å². The molecule has 0 saturated heterocycles. The van der Waals surface area contributed by atoms with Crippen molar-refractivity contribution in [2.24, 2.45) is 0 Å². The van der Waals surface area contributed by atoms with Crippen LogP contribution in [-0.2, 0) is 5.75 Å². The molecule has 1 N–H and O–H groups in total. The number of anilines is 1. The van der Waals surface area contributed by atoms with Gasteiger partial charge < -0.3 is 5.32 Å². The maximum atomic E-state index is 4.54. The minimum atomic E-state index is 0.681. The van der Waals surface area contributed by atoms with E-state index in [-0.39, 0.29) is 0 Å². The largest absolute Gasteiger partial charge is 0.357 e. The van der Waals surface area contributed by atoms with Gasteiger partial charge in [-0.05, 0) is 6.07 Å². The first-order chi connectivity index (χ1) is 7.88. The molecule has 1 aliphatic heterocycles. The van der Waals surface area contributed by atoms with Crippen LogP contribution in [0.2, 0.25) is 0 Å². The molecule has 0 bridgehead atoms. The molecule has 0 fully saturated rings. The van der Waals surface area contributed by atoms with Crippen molar-refractivity contribution in [2.45, 2.75) is 10.6 Å². The Morgan fingerprint density at radius 1 is 1.31 bits per heavy atom. The van der Waals surface area contributed by atoms with Crippen LogP contribution >= 0.6 is 11.8 Å². The molecule has 80 valence electrons. The second kappa shape index (κ2) is 3.79. The fourth-order valence-corrected chi connectivity index (χ4v) is 2.83. The Hall–Kier alpha value is -1.55. The summed E-state index contributed by atoms with van der Waals surface area (Å²) in [6.45, 7) is 0. The third kappa shape index (κ3) is 1.46. The molecule has 0 saturated carbocycles. The Morgan fingerprint density at radius 3 is 3.06 bits per heavy atom. The lowest BCUT2D eigenvalue weighted by atomic mass is 10.1. The molecule has 16 heavy (non-hydrogen) atoms. The number of hydrogen-bond donors (Lipinski definition) is 1. The van der Waals surface area contributed by atoms with Gasteiger partial charge in [0.25, 0.3) is 0 Å². The van der Waals surface area contributed by atoms with Gasteiger partial charge in [-0.2, -0.15) is 0 Å². The first kappa shape index (κ1) is 9.66. The standard InChI is InChI=1S/C12H11N3S/c1-13-12-14-6-8-7-16-10-5-3-2-4-9(10)11(8)15-12/h2-6H,7H2,1H3,(H,13,14,15). The molecule has 0 aliphatic carbocycles. The lowest BCUT2D eigenvalue weighted by Crippen LogP contribution is -2.04.